The second-order valence-electron chi connectivity index (χ2n) is 5.32. The van der Waals surface area contributed by atoms with Gasteiger partial charge < -0.3 is 20.2 Å². The maximum Gasteiger partial charge on any atom is 0.315 e. The number of rotatable bonds is 5. The van der Waals surface area contributed by atoms with E-state index in [-0.39, 0.29) is 18.6 Å². The van der Waals surface area contributed by atoms with Crippen LogP contribution in [0.25, 0.3) is 0 Å². The lowest BCUT2D eigenvalue weighted by atomic mass is 10.0. The number of benzene rings is 1. The average Bonchev–Trinajstić information content (AvgIpc) is 3.00. The van der Waals surface area contributed by atoms with Crippen LogP contribution >= 0.6 is 11.6 Å². The summed E-state index contributed by atoms with van der Waals surface area (Å²) in [5.74, 6) is 0.395. The van der Waals surface area contributed by atoms with Gasteiger partial charge in [0.05, 0.1) is 18.8 Å². The van der Waals surface area contributed by atoms with Gasteiger partial charge >= 0.3 is 6.03 Å². The Labute approximate surface area is 134 Å². The fraction of sp³-hybridized carbons (Fsp3) is 0.312. The molecular formula is C16H19ClN2O3. The Morgan fingerprint density at radius 1 is 1.36 bits per heavy atom. The monoisotopic (exact) mass is 322 g/mol. The van der Waals surface area contributed by atoms with E-state index in [1.807, 2.05) is 25.1 Å². The minimum atomic E-state index is -1.27. The molecule has 2 unspecified atom stereocenters. The van der Waals surface area contributed by atoms with Crippen molar-refractivity contribution in [1.82, 2.24) is 10.6 Å². The number of hydrogen-bond acceptors (Lipinski definition) is 3. The molecule has 22 heavy (non-hydrogen) atoms. The second-order valence-corrected chi connectivity index (χ2v) is 5.73. The third-order valence-corrected chi connectivity index (χ3v) is 3.71. The van der Waals surface area contributed by atoms with Crippen molar-refractivity contribution in [2.24, 2.45) is 0 Å². The minimum Gasteiger partial charge on any atom is -0.466 e. The van der Waals surface area contributed by atoms with Gasteiger partial charge in [-0.25, -0.2) is 4.79 Å². The molecule has 6 heteroatoms. The van der Waals surface area contributed by atoms with Crippen LogP contribution in [0.2, 0.25) is 5.02 Å². The van der Waals surface area contributed by atoms with E-state index < -0.39 is 5.60 Å². The van der Waals surface area contributed by atoms with Gasteiger partial charge in [0.25, 0.3) is 0 Å². The number of halogens is 1. The highest BCUT2D eigenvalue weighted by Gasteiger charge is 2.27. The Balaban J connectivity index is 1.89. The third-order valence-electron chi connectivity index (χ3n) is 3.36. The van der Waals surface area contributed by atoms with E-state index in [0.29, 0.717) is 10.8 Å². The first-order valence-corrected chi connectivity index (χ1v) is 7.33. The normalized spacial score (nSPS) is 14.9. The summed E-state index contributed by atoms with van der Waals surface area (Å²) in [4.78, 5) is 11.9. The maximum absolute atomic E-state index is 11.9. The standard InChI is InChI=1S/C16H19ClN2O3/c1-11(12-6-3-4-7-13(12)17)19-15(20)18-10-16(2,21)14-8-5-9-22-14/h3-9,11,21H,10H2,1-2H3,(H2,18,19,20). The van der Waals surface area contributed by atoms with Crippen LogP contribution in [-0.4, -0.2) is 17.7 Å². The van der Waals surface area contributed by atoms with Gasteiger partial charge in [0, 0.05) is 5.02 Å². The Hall–Kier alpha value is -1.98. The van der Waals surface area contributed by atoms with Gasteiger partial charge in [-0.1, -0.05) is 29.8 Å². The van der Waals surface area contributed by atoms with Crippen LogP contribution in [0.5, 0.6) is 0 Å². The summed E-state index contributed by atoms with van der Waals surface area (Å²) < 4.78 is 5.16. The molecule has 2 amide bonds. The van der Waals surface area contributed by atoms with Gasteiger partial charge in [-0.05, 0) is 37.6 Å². The molecule has 5 nitrogen and oxygen atoms in total. The van der Waals surface area contributed by atoms with Crippen molar-refractivity contribution in [3.8, 4) is 0 Å². The summed E-state index contributed by atoms with van der Waals surface area (Å²) in [6.45, 7) is 3.44. The molecule has 118 valence electrons. The summed E-state index contributed by atoms with van der Waals surface area (Å²) in [6.07, 6.45) is 1.48. The molecule has 0 spiro atoms. The molecule has 1 heterocycles. The van der Waals surface area contributed by atoms with Crippen molar-refractivity contribution in [1.29, 1.82) is 0 Å². The Morgan fingerprint density at radius 2 is 2.09 bits per heavy atom. The molecule has 0 aliphatic carbocycles. The number of carbonyl (C=O) groups is 1. The van der Waals surface area contributed by atoms with Crippen molar-refractivity contribution in [2.45, 2.75) is 25.5 Å². The highest BCUT2D eigenvalue weighted by Crippen LogP contribution is 2.22. The summed E-state index contributed by atoms with van der Waals surface area (Å²) in [7, 11) is 0. The third kappa shape index (κ3) is 4.02. The van der Waals surface area contributed by atoms with Gasteiger partial charge in [0.1, 0.15) is 11.4 Å². The van der Waals surface area contributed by atoms with E-state index in [4.69, 9.17) is 16.0 Å². The van der Waals surface area contributed by atoms with Crippen molar-refractivity contribution < 1.29 is 14.3 Å². The average molecular weight is 323 g/mol. The largest absolute Gasteiger partial charge is 0.466 e. The number of nitrogens with one attached hydrogen (secondary N) is 2. The van der Waals surface area contributed by atoms with E-state index in [1.165, 1.54) is 6.26 Å². The number of amides is 2. The minimum absolute atomic E-state index is 0.0294. The molecule has 0 aliphatic rings. The van der Waals surface area contributed by atoms with Crippen molar-refractivity contribution in [3.05, 3.63) is 59.0 Å². The van der Waals surface area contributed by atoms with Gasteiger partial charge in [0.15, 0.2) is 0 Å². The van der Waals surface area contributed by atoms with E-state index in [2.05, 4.69) is 10.6 Å². The Kier molecular flexibility index (Phi) is 5.11. The first kappa shape index (κ1) is 16.4. The molecule has 0 radical (unpaired) electrons. The first-order chi connectivity index (χ1) is 10.4. The molecule has 2 atom stereocenters. The van der Waals surface area contributed by atoms with Crippen LogP contribution in [0, 0.1) is 0 Å². The van der Waals surface area contributed by atoms with Gasteiger partial charge in [-0.15, -0.1) is 0 Å². The van der Waals surface area contributed by atoms with Crippen molar-refractivity contribution in [2.75, 3.05) is 6.54 Å². The van der Waals surface area contributed by atoms with Crippen LogP contribution in [-0.2, 0) is 5.60 Å². The van der Waals surface area contributed by atoms with Gasteiger partial charge in [-0.2, -0.15) is 0 Å². The summed E-state index contributed by atoms with van der Waals surface area (Å²) in [5, 5.41) is 16.3. The van der Waals surface area contributed by atoms with Crippen molar-refractivity contribution >= 4 is 17.6 Å². The van der Waals surface area contributed by atoms with E-state index >= 15 is 0 Å². The second kappa shape index (κ2) is 6.85. The number of furan rings is 1. The molecule has 0 saturated carbocycles. The molecule has 0 fully saturated rings. The SMILES string of the molecule is CC(NC(=O)NCC(C)(O)c1ccco1)c1ccccc1Cl. The molecule has 1 aromatic carbocycles. The quantitative estimate of drug-likeness (QED) is 0.791. The lowest BCUT2D eigenvalue weighted by Crippen LogP contribution is -2.44. The fourth-order valence-electron chi connectivity index (χ4n) is 2.08. The van der Waals surface area contributed by atoms with Gasteiger partial charge in [0.2, 0.25) is 0 Å². The smallest absolute Gasteiger partial charge is 0.315 e. The zero-order valence-corrected chi connectivity index (χ0v) is 13.2. The molecular weight excluding hydrogens is 304 g/mol. The number of aliphatic hydroxyl groups is 1. The topological polar surface area (TPSA) is 74.5 Å². The molecule has 0 aliphatic heterocycles. The molecule has 3 N–H and O–H groups in total. The van der Waals surface area contributed by atoms with Crippen LogP contribution in [0.4, 0.5) is 4.79 Å². The van der Waals surface area contributed by atoms with Crippen LogP contribution < -0.4 is 10.6 Å². The number of carbonyl (C=O) groups excluding carboxylic acids is 1. The number of hydrogen-bond donors (Lipinski definition) is 3. The van der Waals surface area contributed by atoms with Crippen molar-refractivity contribution in [3.63, 3.8) is 0 Å². The molecule has 1 aromatic heterocycles. The van der Waals surface area contributed by atoms with Crippen LogP contribution in [0.3, 0.4) is 0 Å². The predicted octanol–water partition coefficient (Wildman–Crippen LogP) is 3.20. The highest BCUT2D eigenvalue weighted by molar-refractivity contribution is 6.31. The van der Waals surface area contributed by atoms with Gasteiger partial charge in [-0.3, -0.25) is 0 Å². The fourth-order valence-corrected chi connectivity index (χ4v) is 2.38. The van der Waals surface area contributed by atoms with Crippen LogP contribution in [0.15, 0.2) is 47.1 Å². The highest BCUT2D eigenvalue weighted by atomic mass is 35.5. The summed E-state index contributed by atoms with van der Waals surface area (Å²) in [5.41, 5.74) is -0.439. The maximum atomic E-state index is 11.9. The Bertz CT molecular complexity index is 626. The number of urea groups is 1. The lowest BCUT2D eigenvalue weighted by molar-refractivity contribution is 0.0366. The van der Waals surface area contributed by atoms with Crippen LogP contribution in [0.1, 0.15) is 31.2 Å². The lowest BCUT2D eigenvalue weighted by Gasteiger charge is -2.22. The van der Waals surface area contributed by atoms with E-state index in [9.17, 15) is 9.90 Å². The predicted molar refractivity (Wildman–Crippen MR) is 84.7 cm³/mol. The first-order valence-electron chi connectivity index (χ1n) is 6.95. The van der Waals surface area contributed by atoms with E-state index in [0.717, 1.165) is 5.56 Å². The summed E-state index contributed by atoms with van der Waals surface area (Å²) >= 11 is 6.10. The zero-order chi connectivity index (χ0) is 16.2. The molecule has 2 aromatic rings. The summed E-state index contributed by atoms with van der Waals surface area (Å²) in [6, 6.07) is 10.0. The molecule has 0 saturated heterocycles. The molecule has 2 rings (SSSR count). The molecule has 0 bridgehead atoms. The van der Waals surface area contributed by atoms with E-state index in [1.54, 1.807) is 25.1 Å². The zero-order valence-electron chi connectivity index (χ0n) is 12.5. The Morgan fingerprint density at radius 3 is 2.73 bits per heavy atom.